The molecular weight excluding hydrogens is 1230 g/mol. The zero-order valence-corrected chi connectivity index (χ0v) is 64.0. The van der Waals surface area contributed by atoms with E-state index in [1.807, 2.05) is 225 Å². The minimum Gasteiger partial charge on any atom is -0.378 e. The maximum absolute atomic E-state index is 11.9. The Hall–Kier alpha value is -9.94. The Labute approximate surface area is 605 Å². The van der Waals surface area contributed by atoms with Crippen LogP contribution in [0.1, 0.15) is 118 Å². The lowest BCUT2D eigenvalue weighted by Gasteiger charge is -2.11. The van der Waals surface area contributed by atoms with E-state index in [4.69, 9.17) is 0 Å². The molecule has 0 bridgehead atoms. The highest BCUT2D eigenvalue weighted by Gasteiger charge is 2.11. The number of aryl methyl sites for hydroxylation is 14. The van der Waals surface area contributed by atoms with Crippen molar-refractivity contribution in [2.45, 2.75) is 130 Å². The lowest BCUT2D eigenvalue weighted by atomic mass is 10.1. The van der Waals surface area contributed by atoms with Gasteiger partial charge < -0.3 is 15.5 Å². The van der Waals surface area contributed by atoms with E-state index in [2.05, 4.69) is 245 Å². The summed E-state index contributed by atoms with van der Waals surface area (Å²) in [6.45, 7) is 29.5. The molecule has 5 aromatic carbocycles. The fourth-order valence-electron chi connectivity index (χ4n) is 8.34. The van der Waals surface area contributed by atoms with Crippen molar-refractivity contribution in [2.75, 3.05) is 47.2 Å². The van der Waals surface area contributed by atoms with E-state index in [-0.39, 0.29) is 19.0 Å². The molecule has 6 aromatic heterocycles. The van der Waals surface area contributed by atoms with Gasteiger partial charge in [0.15, 0.2) is 80.1 Å². The quantitative estimate of drug-likeness (QED) is 0.105. The topological polar surface area (TPSA) is 84.7 Å². The van der Waals surface area contributed by atoms with E-state index < -0.39 is 0 Å². The first-order chi connectivity index (χ1) is 47.4. The molecule has 0 saturated carbocycles. The lowest BCUT2D eigenvalue weighted by Crippen LogP contribution is -2.36. The molecule has 0 atom stereocenters. The van der Waals surface area contributed by atoms with Crippen LogP contribution in [0.5, 0.6) is 0 Å². The Morgan fingerprint density at radius 1 is 0.350 bits per heavy atom. The summed E-state index contributed by atoms with van der Waals surface area (Å²) < 4.78 is 12.3. The van der Waals surface area contributed by atoms with Gasteiger partial charge in [0, 0.05) is 121 Å². The third-order valence-corrected chi connectivity index (χ3v) is 14.3. The number of pyridine rings is 6. The molecule has 0 aliphatic heterocycles. The fourth-order valence-corrected chi connectivity index (χ4v) is 8.34. The molecule has 0 fully saturated rings. The number of hydrogen-bond donors (Lipinski definition) is 2. The van der Waals surface area contributed by atoms with Gasteiger partial charge in [0.05, 0.1) is 0 Å². The zero-order valence-electron chi connectivity index (χ0n) is 64.0. The van der Waals surface area contributed by atoms with Gasteiger partial charge >= 0.3 is 0 Å². The first kappa shape index (κ1) is 90.1. The predicted octanol–water partition coefficient (Wildman–Crippen LogP) is 16.2. The van der Waals surface area contributed by atoms with Crippen molar-refractivity contribution in [1.82, 2.24) is 10.6 Å². The van der Waals surface area contributed by atoms with E-state index in [1.54, 1.807) is 0 Å². The van der Waals surface area contributed by atoms with Crippen LogP contribution in [0.2, 0.25) is 0 Å². The number of aromatic nitrogens is 6. The van der Waals surface area contributed by atoms with Crippen LogP contribution < -0.4 is 42.9 Å². The third kappa shape index (κ3) is 43.4. The molecule has 6 heterocycles. The van der Waals surface area contributed by atoms with Crippen LogP contribution in [-0.4, -0.2) is 53.9 Å². The highest BCUT2D eigenvalue weighted by atomic mass is 16.1. The Balaban J connectivity index is 0.00000110. The van der Waals surface area contributed by atoms with Gasteiger partial charge in [-0.05, 0) is 152 Å². The van der Waals surface area contributed by atoms with Crippen molar-refractivity contribution in [3.63, 3.8) is 0 Å². The van der Waals surface area contributed by atoms with Crippen LogP contribution in [0.3, 0.4) is 0 Å². The average molecular weight is 1350 g/mol. The molecule has 2 N–H and O–H groups in total. The Morgan fingerprint density at radius 2 is 0.710 bits per heavy atom. The van der Waals surface area contributed by atoms with Crippen LogP contribution >= 0.6 is 0 Å². The summed E-state index contributed by atoms with van der Waals surface area (Å²) in [6.07, 6.45) is 26.2. The number of nitrogens with zero attached hydrogens (tertiary/aromatic N) is 7. The monoisotopic (exact) mass is 1350 g/mol. The van der Waals surface area contributed by atoms with Gasteiger partial charge in [0.25, 0.3) is 0 Å². The van der Waals surface area contributed by atoms with Gasteiger partial charge in [-0.25, -0.2) is 18.3 Å². The first-order valence-electron chi connectivity index (χ1n) is 34.3. The van der Waals surface area contributed by atoms with Crippen LogP contribution in [0.25, 0.3) is 5.69 Å². The molecular formula is C89H125N9O2+6. The fraction of sp³-hybridized carbons (Fsp3) is 0.303. The molecule has 532 valence electrons. The number of benzene rings is 5. The van der Waals surface area contributed by atoms with Gasteiger partial charge in [-0.15, -0.1) is 0 Å². The normalized spacial score (nSPS) is 9.33. The van der Waals surface area contributed by atoms with E-state index in [1.165, 1.54) is 67.0 Å². The molecule has 100 heavy (non-hydrogen) atoms. The van der Waals surface area contributed by atoms with Crippen molar-refractivity contribution in [2.24, 2.45) is 14.1 Å². The SMILES string of the molecule is C.CCC(=O)c1ccc(C)cc1.CC[n+]1ccc(C)cc1.CC[n+]1cccc(C)c1.CCc1ccc(C)cc1.CNC.CNC.Cc1cc[n+](C)cc1.Cc1ccc(-[n+]2ccccc2)cc1.Cc1ccc(C(=O)C[n+]2ccccc2)cc1.Cc1ccc(N(C)C)cc1.Cc1ccc[n+](C)c1. The number of rotatable bonds is 10. The number of hydrogen-bond acceptors (Lipinski definition) is 5. The molecule has 0 saturated heterocycles. The molecule has 11 nitrogen and oxygen atoms in total. The number of ketones is 2. The highest BCUT2D eigenvalue weighted by molar-refractivity contribution is 5.96. The summed E-state index contributed by atoms with van der Waals surface area (Å²) >= 11 is 0. The second-order valence-electron chi connectivity index (χ2n) is 24.2. The Bertz CT molecular complexity index is 3720. The molecule has 0 aliphatic carbocycles. The van der Waals surface area contributed by atoms with E-state index in [9.17, 15) is 9.59 Å². The smallest absolute Gasteiger partial charge is 0.227 e. The van der Waals surface area contributed by atoms with Crippen LogP contribution in [-0.2, 0) is 40.2 Å². The molecule has 0 aliphatic rings. The van der Waals surface area contributed by atoms with Gasteiger partial charge in [-0.1, -0.05) is 158 Å². The Kier molecular flexibility index (Phi) is 49.5. The standard InChI is InChI=1S/C14H14NO.C12H12N.C10H12O.C9H13N.C9H12.2C8H12N.2C7H10N.2C2H7N.CH4/c1-12-5-7-13(8-6-12)14(16)11-15-9-3-2-4-10-15;1-11-5-7-12(8-6-11)13-9-3-2-4-10-13;1-3-10(11)9-6-4-8(2)5-7-9;1-8-4-6-9(7-5-8)10(2)3;2*1-3-9-6-4-8(2)5-7-9;1-3-9-6-4-5-8(2)7-9;1-7-3-5-8(2)6-4-7;1-7-4-3-5-8(2)6-7;2*1-3-2;/h2-10H,11H2,1H3;2-10H,1H3;4-7H,3H2,1-2H3;4-7H,1-3H3;3*4-7H,3H2,1-2H3;2*3-6H,1-2H3;2*3H,1-2H3;1H4/q2*+1;;;;4*+1;;;. The number of nitrogens with one attached hydrogen (secondary N) is 2. The van der Waals surface area contributed by atoms with Crippen LogP contribution in [0.4, 0.5) is 5.69 Å². The van der Waals surface area contributed by atoms with Crippen molar-refractivity contribution in [3.8, 4) is 5.69 Å². The van der Waals surface area contributed by atoms with Crippen LogP contribution in [0, 0.1) is 62.3 Å². The highest BCUT2D eigenvalue weighted by Crippen LogP contribution is 2.11. The predicted molar refractivity (Wildman–Crippen MR) is 422 cm³/mol. The van der Waals surface area contributed by atoms with Gasteiger partial charge in [-0.2, -0.15) is 9.13 Å². The molecule has 0 spiro atoms. The summed E-state index contributed by atoms with van der Waals surface area (Å²) in [5, 5.41) is 5.50. The summed E-state index contributed by atoms with van der Waals surface area (Å²) in [5.41, 5.74) is 17.0. The zero-order chi connectivity index (χ0) is 73.8. The van der Waals surface area contributed by atoms with E-state index in [0.29, 0.717) is 13.0 Å². The lowest BCUT2D eigenvalue weighted by molar-refractivity contribution is -0.693. The van der Waals surface area contributed by atoms with Crippen LogP contribution in [0.15, 0.2) is 281 Å². The summed E-state index contributed by atoms with van der Waals surface area (Å²) in [4.78, 5) is 25.1. The summed E-state index contributed by atoms with van der Waals surface area (Å²) in [7, 11) is 15.6. The number of anilines is 1. The van der Waals surface area contributed by atoms with Crippen molar-refractivity contribution >= 4 is 17.3 Å². The van der Waals surface area contributed by atoms with Gasteiger partial charge in [-0.3, -0.25) is 9.59 Å². The number of Topliss-reactive ketones (excluding diaryl/α,β-unsaturated/α-hetero) is 2. The second-order valence-corrected chi connectivity index (χ2v) is 24.2. The van der Waals surface area contributed by atoms with E-state index in [0.717, 1.165) is 30.6 Å². The number of carbonyl (C=O) groups is 2. The molecule has 11 aromatic rings. The molecule has 11 rings (SSSR count). The largest absolute Gasteiger partial charge is 0.378 e. The first-order valence-corrected chi connectivity index (χ1v) is 34.3. The number of carbonyl (C=O) groups excluding carboxylic acids is 2. The van der Waals surface area contributed by atoms with Crippen molar-refractivity contribution in [3.05, 3.63) is 347 Å². The maximum atomic E-state index is 11.9. The minimum absolute atomic E-state index is 0. The summed E-state index contributed by atoms with van der Waals surface area (Å²) in [6, 6.07) is 69.5. The minimum atomic E-state index is 0. The summed E-state index contributed by atoms with van der Waals surface area (Å²) in [5.74, 6) is 0.348. The molecule has 0 amide bonds. The molecule has 0 radical (unpaired) electrons. The van der Waals surface area contributed by atoms with Gasteiger partial charge in [0.2, 0.25) is 18.0 Å². The third-order valence-electron chi connectivity index (χ3n) is 14.3. The molecule has 0 unspecified atom stereocenters. The second kappa shape index (κ2) is 55.0. The maximum Gasteiger partial charge on any atom is 0.227 e. The average Bonchev–Trinajstić information content (AvgIpc) is 0.897. The van der Waals surface area contributed by atoms with Crippen molar-refractivity contribution < 1.29 is 37.0 Å². The molecule has 11 heteroatoms. The van der Waals surface area contributed by atoms with Crippen molar-refractivity contribution in [1.29, 1.82) is 0 Å². The van der Waals surface area contributed by atoms with E-state index >= 15 is 0 Å². The Morgan fingerprint density at radius 3 is 1.07 bits per heavy atom. The van der Waals surface area contributed by atoms with Gasteiger partial charge in [0.1, 0.15) is 27.2 Å².